The van der Waals surface area contributed by atoms with E-state index in [1.807, 2.05) is 30.3 Å². The molecule has 0 bridgehead atoms. The van der Waals surface area contributed by atoms with Gasteiger partial charge in [-0.25, -0.2) is 8.42 Å². The third kappa shape index (κ3) is 3.49. The van der Waals surface area contributed by atoms with E-state index < -0.39 is 9.84 Å². The van der Waals surface area contributed by atoms with Crippen LogP contribution in [0.1, 0.15) is 10.4 Å². The number of carbonyl (C=O) groups excluding carboxylic acids is 1. The first-order valence-corrected chi connectivity index (χ1v) is 10.2. The summed E-state index contributed by atoms with van der Waals surface area (Å²) in [5.41, 5.74) is 1.04. The lowest BCUT2D eigenvalue weighted by Gasteiger charge is -2.05. The Morgan fingerprint density at radius 3 is 2.39 bits per heavy atom. The zero-order chi connectivity index (χ0) is 19.7. The lowest BCUT2D eigenvalue weighted by Crippen LogP contribution is -2.12. The van der Waals surface area contributed by atoms with Crippen LogP contribution in [0.15, 0.2) is 76.0 Å². The van der Waals surface area contributed by atoms with E-state index in [2.05, 4.69) is 15.5 Å². The number of nitrogens with one attached hydrogen (secondary N) is 1. The van der Waals surface area contributed by atoms with Crippen molar-refractivity contribution in [2.75, 3.05) is 11.6 Å². The second-order valence-electron chi connectivity index (χ2n) is 6.19. The van der Waals surface area contributed by atoms with Crippen LogP contribution in [-0.2, 0) is 9.84 Å². The summed E-state index contributed by atoms with van der Waals surface area (Å²) in [6.45, 7) is 0. The fourth-order valence-electron chi connectivity index (χ4n) is 2.82. The molecule has 140 valence electrons. The average Bonchev–Trinajstić information content (AvgIpc) is 3.15. The highest BCUT2D eigenvalue weighted by molar-refractivity contribution is 7.90. The van der Waals surface area contributed by atoms with Gasteiger partial charge in [-0.1, -0.05) is 41.5 Å². The third-order valence-electron chi connectivity index (χ3n) is 4.21. The molecule has 0 aliphatic carbocycles. The highest BCUT2D eigenvalue weighted by Gasteiger charge is 2.15. The summed E-state index contributed by atoms with van der Waals surface area (Å²) in [6, 6.07) is 19.0. The van der Waals surface area contributed by atoms with Crippen molar-refractivity contribution in [1.29, 1.82) is 0 Å². The van der Waals surface area contributed by atoms with Crippen molar-refractivity contribution in [3.05, 3.63) is 72.3 Å². The molecule has 1 amide bonds. The highest BCUT2D eigenvalue weighted by atomic mass is 32.2. The predicted octanol–water partition coefficient (Wildman–Crippen LogP) is 3.55. The predicted molar refractivity (Wildman–Crippen MR) is 105 cm³/mol. The number of benzene rings is 3. The van der Waals surface area contributed by atoms with Crippen molar-refractivity contribution in [2.24, 2.45) is 0 Å². The molecule has 0 atom stereocenters. The number of amides is 1. The standard InChI is InChI=1S/C20H15N3O4S/c1-28(25,26)15-11-9-14(10-12-15)19-22-23-20(27-19)21-18(24)17-8-4-6-13-5-2-3-7-16(13)17/h2-12H,1H3,(H,21,23,24). The van der Waals surface area contributed by atoms with Crippen LogP contribution in [0.4, 0.5) is 6.01 Å². The van der Waals surface area contributed by atoms with Gasteiger partial charge in [-0.05, 0) is 41.1 Å². The van der Waals surface area contributed by atoms with Crippen LogP contribution in [-0.4, -0.2) is 30.8 Å². The summed E-state index contributed by atoms with van der Waals surface area (Å²) >= 11 is 0. The van der Waals surface area contributed by atoms with Crippen molar-refractivity contribution < 1.29 is 17.6 Å². The Hall–Kier alpha value is -3.52. The highest BCUT2D eigenvalue weighted by Crippen LogP contribution is 2.23. The number of carbonyl (C=O) groups is 1. The van der Waals surface area contributed by atoms with Gasteiger partial charge in [0.05, 0.1) is 4.90 Å². The lowest BCUT2D eigenvalue weighted by molar-refractivity contribution is 0.102. The van der Waals surface area contributed by atoms with Crippen LogP contribution in [0.2, 0.25) is 0 Å². The maximum absolute atomic E-state index is 12.6. The molecule has 0 unspecified atom stereocenters. The first-order valence-electron chi connectivity index (χ1n) is 8.35. The molecule has 3 aromatic carbocycles. The van der Waals surface area contributed by atoms with Crippen LogP contribution in [0.3, 0.4) is 0 Å². The number of nitrogens with zero attached hydrogens (tertiary/aromatic N) is 2. The minimum atomic E-state index is -3.28. The van der Waals surface area contributed by atoms with Crippen LogP contribution < -0.4 is 5.32 Å². The van der Waals surface area contributed by atoms with Gasteiger partial charge in [0.1, 0.15) is 0 Å². The van der Waals surface area contributed by atoms with E-state index in [0.717, 1.165) is 17.0 Å². The lowest BCUT2D eigenvalue weighted by atomic mass is 10.0. The van der Waals surface area contributed by atoms with E-state index in [0.29, 0.717) is 11.1 Å². The molecule has 4 rings (SSSR count). The molecule has 0 aliphatic rings. The Bertz CT molecular complexity index is 1270. The quantitative estimate of drug-likeness (QED) is 0.569. The first-order chi connectivity index (χ1) is 13.4. The molecule has 1 aromatic heterocycles. The SMILES string of the molecule is CS(=O)(=O)c1ccc(-c2nnc(NC(=O)c3cccc4ccccc34)o2)cc1. The molecule has 28 heavy (non-hydrogen) atoms. The van der Waals surface area contributed by atoms with Gasteiger partial charge in [-0.2, -0.15) is 0 Å². The van der Waals surface area contributed by atoms with Crippen molar-refractivity contribution >= 4 is 32.5 Å². The van der Waals surface area contributed by atoms with E-state index in [4.69, 9.17) is 4.42 Å². The van der Waals surface area contributed by atoms with Crippen LogP contribution in [0.5, 0.6) is 0 Å². The average molecular weight is 393 g/mol. The summed E-state index contributed by atoms with van der Waals surface area (Å²) < 4.78 is 28.6. The van der Waals surface area contributed by atoms with Gasteiger partial charge < -0.3 is 4.42 Å². The van der Waals surface area contributed by atoms with E-state index >= 15 is 0 Å². The molecule has 8 heteroatoms. The van der Waals surface area contributed by atoms with Gasteiger partial charge in [0, 0.05) is 17.4 Å². The molecule has 1 N–H and O–H groups in total. The largest absolute Gasteiger partial charge is 0.403 e. The normalized spacial score (nSPS) is 11.5. The summed E-state index contributed by atoms with van der Waals surface area (Å²) in [5, 5.41) is 12.1. The van der Waals surface area contributed by atoms with Gasteiger partial charge in [0.25, 0.3) is 5.91 Å². The Labute approximate surface area is 160 Å². The fraction of sp³-hybridized carbons (Fsp3) is 0.0500. The minimum Gasteiger partial charge on any atom is -0.403 e. The maximum atomic E-state index is 12.6. The Balaban J connectivity index is 1.57. The van der Waals surface area contributed by atoms with Crippen molar-refractivity contribution in [3.63, 3.8) is 0 Å². The molecule has 0 radical (unpaired) electrons. The topological polar surface area (TPSA) is 102 Å². The summed E-state index contributed by atoms with van der Waals surface area (Å²) in [5.74, 6) is -0.187. The molecule has 0 saturated carbocycles. The van der Waals surface area contributed by atoms with Crippen molar-refractivity contribution in [2.45, 2.75) is 4.90 Å². The van der Waals surface area contributed by atoms with Gasteiger partial charge in [-0.3, -0.25) is 10.1 Å². The van der Waals surface area contributed by atoms with Crippen LogP contribution >= 0.6 is 0 Å². The molecule has 4 aromatic rings. The number of hydrogen-bond acceptors (Lipinski definition) is 6. The smallest absolute Gasteiger partial charge is 0.322 e. The third-order valence-corrected chi connectivity index (χ3v) is 5.34. The number of aromatic nitrogens is 2. The van der Waals surface area contributed by atoms with Gasteiger partial charge in [-0.15, -0.1) is 5.10 Å². The Morgan fingerprint density at radius 1 is 0.929 bits per heavy atom. The number of sulfone groups is 1. The number of hydrogen-bond donors (Lipinski definition) is 1. The van der Waals surface area contributed by atoms with E-state index in [1.165, 1.54) is 12.1 Å². The molecule has 0 fully saturated rings. The second-order valence-corrected chi connectivity index (χ2v) is 8.21. The molecule has 7 nitrogen and oxygen atoms in total. The van der Waals surface area contributed by atoms with E-state index in [1.54, 1.807) is 24.3 Å². The summed E-state index contributed by atoms with van der Waals surface area (Å²) in [4.78, 5) is 12.8. The second kappa shape index (κ2) is 6.90. The van der Waals surface area contributed by atoms with Gasteiger partial charge >= 0.3 is 6.01 Å². The number of fused-ring (bicyclic) bond motifs is 1. The maximum Gasteiger partial charge on any atom is 0.322 e. The van der Waals surface area contributed by atoms with Crippen molar-refractivity contribution in [3.8, 4) is 11.5 Å². The minimum absolute atomic E-state index is 0.0416. The molecular weight excluding hydrogens is 378 g/mol. The first kappa shape index (κ1) is 17.9. The molecule has 0 spiro atoms. The summed E-state index contributed by atoms with van der Waals surface area (Å²) in [6.07, 6.45) is 1.13. The Morgan fingerprint density at radius 2 is 1.64 bits per heavy atom. The number of rotatable bonds is 4. The molecule has 1 heterocycles. The van der Waals surface area contributed by atoms with Crippen LogP contribution in [0.25, 0.3) is 22.2 Å². The zero-order valence-electron chi connectivity index (χ0n) is 14.8. The number of anilines is 1. The Kier molecular flexibility index (Phi) is 4.40. The molecule has 0 aliphatic heterocycles. The van der Waals surface area contributed by atoms with Crippen molar-refractivity contribution in [1.82, 2.24) is 10.2 Å². The molecular formula is C20H15N3O4S. The van der Waals surface area contributed by atoms with E-state index in [-0.39, 0.29) is 22.7 Å². The van der Waals surface area contributed by atoms with E-state index in [9.17, 15) is 13.2 Å². The van der Waals surface area contributed by atoms with Gasteiger partial charge in [0.2, 0.25) is 5.89 Å². The van der Waals surface area contributed by atoms with Crippen LogP contribution in [0, 0.1) is 0 Å². The zero-order valence-corrected chi connectivity index (χ0v) is 15.6. The molecule has 0 saturated heterocycles. The summed E-state index contributed by atoms with van der Waals surface area (Å²) in [7, 11) is -3.28. The monoisotopic (exact) mass is 393 g/mol. The fourth-order valence-corrected chi connectivity index (χ4v) is 3.45. The van der Waals surface area contributed by atoms with Gasteiger partial charge in [0.15, 0.2) is 9.84 Å².